The fourth-order valence-electron chi connectivity index (χ4n) is 0.281. The van der Waals surface area contributed by atoms with Gasteiger partial charge < -0.3 is 15.9 Å². The van der Waals surface area contributed by atoms with Crippen LogP contribution in [0.5, 0.6) is 0 Å². The zero-order chi connectivity index (χ0) is 7.49. The molecular weight excluding hydrogens is 124 g/mol. The van der Waals surface area contributed by atoms with Crippen LogP contribution >= 0.6 is 0 Å². The lowest BCUT2D eigenvalue weighted by Crippen LogP contribution is -2.50. The SMILES string of the molecule is CC(O)(CN)NC(=O)O. The number of nitrogens with two attached hydrogens (primary N) is 1. The Bertz CT molecular complexity index is 112. The fraction of sp³-hybridized carbons (Fsp3) is 0.750. The van der Waals surface area contributed by atoms with Gasteiger partial charge in [0.1, 0.15) is 5.72 Å². The lowest BCUT2D eigenvalue weighted by atomic mass is 10.3. The molecule has 0 spiro atoms. The Balaban J connectivity index is 3.71. The number of hydrogen-bond donors (Lipinski definition) is 4. The van der Waals surface area contributed by atoms with Crippen LogP contribution in [0.1, 0.15) is 6.92 Å². The molecule has 1 atom stereocenters. The highest BCUT2D eigenvalue weighted by atomic mass is 16.4. The van der Waals surface area contributed by atoms with Crippen LogP contribution in [0.4, 0.5) is 4.79 Å². The van der Waals surface area contributed by atoms with Crippen molar-refractivity contribution in [3.63, 3.8) is 0 Å². The van der Waals surface area contributed by atoms with Crippen molar-refractivity contribution in [2.24, 2.45) is 5.73 Å². The van der Waals surface area contributed by atoms with Gasteiger partial charge in [0.2, 0.25) is 0 Å². The minimum atomic E-state index is -1.51. The van der Waals surface area contributed by atoms with Crippen molar-refractivity contribution in [1.29, 1.82) is 0 Å². The van der Waals surface area contributed by atoms with E-state index in [1.54, 1.807) is 0 Å². The molecule has 0 rings (SSSR count). The molecule has 0 heterocycles. The summed E-state index contributed by atoms with van der Waals surface area (Å²) in [5.41, 5.74) is 3.47. The van der Waals surface area contributed by atoms with Crippen molar-refractivity contribution in [3.05, 3.63) is 0 Å². The fourth-order valence-corrected chi connectivity index (χ4v) is 0.281. The maximum atomic E-state index is 9.85. The Labute approximate surface area is 52.5 Å². The van der Waals surface area contributed by atoms with Crippen LogP contribution in [-0.2, 0) is 0 Å². The van der Waals surface area contributed by atoms with Gasteiger partial charge in [0, 0.05) is 6.54 Å². The zero-order valence-corrected chi connectivity index (χ0v) is 5.09. The minimum Gasteiger partial charge on any atom is -0.465 e. The van der Waals surface area contributed by atoms with E-state index in [-0.39, 0.29) is 6.54 Å². The van der Waals surface area contributed by atoms with Crippen molar-refractivity contribution >= 4 is 6.09 Å². The number of hydrogen-bond acceptors (Lipinski definition) is 3. The molecular formula is C4H10N2O3. The maximum absolute atomic E-state index is 9.85. The monoisotopic (exact) mass is 134 g/mol. The third kappa shape index (κ3) is 3.75. The molecule has 5 heteroatoms. The molecule has 5 nitrogen and oxygen atoms in total. The second-order valence-corrected chi connectivity index (χ2v) is 1.91. The van der Waals surface area contributed by atoms with Gasteiger partial charge in [0.15, 0.2) is 0 Å². The summed E-state index contributed by atoms with van der Waals surface area (Å²) in [5, 5.41) is 18.7. The largest absolute Gasteiger partial charge is 0.465 e. The van der Waals surface area contributed by atoms with Gasteiger partial charge in [-0.1, -0.05) is 0 Å². The lowest BCUT2D eigenvalue weighted by Gasteiger charge is -2.19. The summed E-state index contributed by atoms with van der Waals surface area (Å²) in [6.45, 7) is 1.14. The van der Waals surface area contributed by atoms with E-state index >= 15 is 0 Å². The maximum Gasteiger partial charge on any atom is 0.406 e. The average molecular weight is 134 g/mol. The van der Waals surface area contributed by atoms with Crippen molar-refractivity contribution in [2.75, 3.05) is 6.54 Å². The first-order valence-electron chi connectivity index (χ1n) is 2.41. The van der Waals surface area contributed by atoms with E-state index in [1.165, 1.54) is 6.92 Å². The van der Waals surface area contributed by atoms with E-state index in [2.05, 4.69) is 0 Å². The summed E-state index contributed by atoms with van der Waals surface area (Å²) in [6, 6.07) is 0. The first kappa shape index (κ1) is 8.19. The van der Waals surface area contributed by atoms with E-state index in [0.717, 1.165) is 0 Å². The van der Waals surface area contributed by atoms with Gasteiger partial charge in [0.25, 0.3) is 0 Å². The molecule has 0 aliphatic carbocycles. The van der Waals surface area contributed by atoms with E-state index < -0.39 is 11.8 Å². The van der Waals surface area contributed by atoms with Crippen molar-refractivity contribution in [3.8, 4) is 0 Å². The molecule has 54 valence electrons. The minimum absolute atomic E-state index is 0.140. The van der Waals surface area contributed by atoms with Crippen LogP contribution in [0.3, 0.4) is 0 Å². The number of rotatable bonds is 2. The van der Waals surface area contributed by atoms with Crippen LogP contribution in [0.25, 0.3) is 0 Å². The van der Waals surface area contributed by atoms with Gasteiger partial charge in [0.05, 0.1) is 0 Å². The van der Waals surface area contributed by atoms with Crippen LogP contribution in [0, 0.1) is 0 Å². The summed E-state index contributed by atoms with van der Waals surface area (Å²) in [5.74, 6) is 0. The Morgan fingerprint density at radius 1 is 1.89 bits per heavy atom. The summed E-state index contributed by atoms with van der Waals surface area (Å²) in [6.07, 6.45) is -1.29. The Hall–Kier alpha value is -0.810. The van der Waals surface area contributed by atoms with Crippen molar-refractivity contribution in [1.82, 2.24) is 5.32 Å². The molecule has 0 aromatic carbocycles. The molecule has 0 aromatic rings. The molecule has 0 fully saturated rings. The molecule has 0 saturated carbocycles. The van der Waals surface area contributed by atoms with Crippen LogP contribution in [-0.4, -0.2) is 28.6 Å². The quantitative estimate of drug-likeness (QED) is 0.361. The van der Waals surface area contributed by atoms with Gasteiger partial charge in [-0.2, -0.15) is 0 Å². The van der Waals surface area contributed by atoms with Gasteiger partial charge >= 0.3 is 6.09 Å². The first-order chi connectivity index (χ1) is 3.98. The summed E-state index contributed by atoms with van der Waals surface area (Å²) in [4.78, 5) is 9.85. The molecule has 0 aromatic heterocycles. The molecule has 0 aliphatic rings. The number of aliphatic hydroxyl groups is 1. The Morgan fingerprint density at radius 2 is 2.33 bits per heavy atom. The summed E-state index contributed by atoms with van der Waals surface area (Å²) in [7, 11) is 0. The predicted molar refractivity (Wildman–Crippen MR) is 30.8 cm³/mol. The van der Waals surface area contributed by atoms with Crippen LogP contribution < -0.4 is 11.1 Å². The normalized spacial score (nSPS) is 16.3. The molecule has 9 heavy (non-hydrogen) atoms. The van der Waals surface area contributed by atoms with E-state index in [0.29, 0.717) is 0 Å². The van der Waals surface area contributed by atoms with Gasteiger partial charge in [-0.3, -0.25) is 5.32 Å². The average Bonchev–Trinajstić information content (AvgIpc) is 1.63. The smallest absolute Gasteiger partial charge is 0.406 e. The number of amides is 1. The van der Waals surface area contributed by atoms with Crippen molar-refractivity contribution in [2.45, 2.75) is 12.6 Å². The molecule has 5 N–H and O–H groups in total. The highest BCUT2D eigenvalue weighted by Gasteiger charge is 2.19. The second kappa shape index (κ2) is 2.65. The van der Waals surface area contributed by atoms with E-state index in [9.17, 15) is 4.79 Å². The third-order valence-corrected chi connectivity index (χ3v) is 0.774. The first-order valence-corrected chi connectivity index (χ1v) is 2.41. The molecule has 0 aliphatic heterocycles. The molecule has 1 unspecified atom stereocenters. The standard InChI is InChI=1S/C4H10N2O3/c1-4(9,2-5)6-3(7)8/h6,9H,2,5H2,1H3,(H,7,8). The van der Waals surface area contributed by atoms with E-state index in [1.807, 2.05) is 5.32 Å². The van der Waals surface area contributed by atoms with Crippen molar-refractivity contribution < 1.29 is 15.0 Å². The highest BCUT2D eigenvalue weighted by molar-refractivity contribution is 5.65. The number of nitrogens with one attached hydrogen (secondary N) is 1. The van der Waals surface area contributed by atoms with Crippen LogP contribution in [0.15, 0.2) is 0 Å². The number of carbonyl (C=O) groups is 1. The second-order valence-electron chi connectivity index (χ2n) is 1.91. The lowest BCUT2D eigenvalue weighted by molar-refractivity contribution is 0.0354. The topological polar surface area (TPSA) is 95.6 Å². The van der Waals surface area contributed by atoms with E-state index in [4.69, 9.17) is 15.9 Å². The third-order valence-electron chi connectivity index (χ3n) is 0.774. The van der Waals surface area contributed by atoms with Gasteiger partial charge in [-0.05, 0) is 6.92 Å². The summed E-state index contributed by atoms with van der Waals surface area (Å²) >= 11 is 0. The van der Waals surface area contributed by atoms with Crippen LogP contribution in [0.2, 0.25) is 0 Å². The predicted octanol–water partition coefficient (Wildman–Crippen LogP) is -1.08. The molecule has 1 amide bonds. The molecule has 0 radical (unpaired) electrons. The van der Waals surface area contributed by atoms with Gasteiger partial charge in [-0.25, -0.2) is 4.79 Å². The Kier molecular flexibility index (Phi) is 2.41. The molecule has 0 bridgehead atoms. The number of carboxylic acid groups (broad SMARTS) is 1. The molecule has 0 saturated heterocycles. The Morgan fingerprint density at radius 3 is 2.44 bits per heavy atom. The highest BCUT2D eigenvalue weighted by Crippen LogP contribution is 1.91. The summed E-state index contributed by atoms with van der Waals surface area (Å²) < 4.78 is 0. The van der Waals surface area contributed by atoms with Gasteiger partial charge in [-0.15, -0.1) is 0 Å². The zero-order valence-electron chi connectivity index (χ0n) is 5.09.